The Morgan fingerprint density at radius 2 is 1.77 bits per heavy atom. The van der Waals surface area contributed by atoms with Crippen LogP contribution in [-0.4, -0.2) is 27.6 Å². The third kappa shape index (κ3) is 4.75. The van der Waals surface area contributed by atoms with Gasteiger partial charge in [-0.3, -0.25) is 18.7 Å². The van der Waals surface area contributed by atoms with Crippen molar-refractivity contribution in [2.24, 2.45) is 0 Å². The van der Waals surface area contributed by atoms with E-state index in [1.54, 1.807) is 27.3 Å². The van der Waals surface area contributed by atoms with Crippen LogP contribution in [0.25, 0.3) is 11.0 Å². The number of benzene rings is 2. The Labute approximate surface area is 173 Å². The first kappa shape index (κ1) is 20.9. The molecule has 0 saturated carbocycles. The average Bonchev–Trinajstić information content (AvgIpc) is 3.02. The number of nitrogens with zero attached hydrogens (tertiary/aromatic N) is 3. The Kier molecular flexibility index (Phi) is 6.65. The van der Waals surface area contributed by atoms with Gasteiger partial charge < -0.3 is 10.1 Å². The van der Waals surface area contributed by atoms with Crippen molar-refractivity contribution in [1.82, 2.24) is 9.13 Å². The van der Waals surface area contributed by atoms with Crippen molar-refractivity contribution < 1.29 is 14.3 Å². The number of anilines is 1. The Morgan fingerprint density at radius 1 is 1.07 bits per heavy atom. The smallest absolute Gasteiger partial charge is 0.329 e. The lowest BCUT2D eigenvalue weighted by atomic mass is 10.2. The fourth-order valence-corrected chi connectivity index (χ4v) is 3.21. The van der Waals surface area contributed by atoms with E-state index in [0.717, 1.165) is 17.5 Å². The van der Waals surface area contributed by atoms with E-state index in [4.69, 9.17) is 10.00 Å². The summed E-state index contributed by atoms with van der Waals surface area (Å²) in [5.41, 5.74) is 2.29. The first-order valence-corrected chi connectivity index (χ1v) is 9.67. The molecule has 3 aromatic rings. The van der Waals surface area contributed by atoms with Gasteiger partial charge in [0.15, 0.2) is 6.61 Å². The van der Waals surface area contributed by atoms with Crippen LogP contribution in [0.3, 0.4) is 0 Å². The van der Waals surface area contributed by atoms with E-state index in [-0.39, 0.29) is 18.7 Å². The van der Waals surface area contributed by atoms with Crippen molar-refractivity contribution >= 4 is 28.6 Å². The summed E-state index contributed by atoms with van der Waals surface area (Å²) in [5, 5.41) is 11.5. The molecular weight excluding hydrogens is 384 g/mol. The predicted molar refractivity (Wildman–Crippen MR) is 112 cm³/mol. The quantitative estimate of drug-likeness (QED) is 0.579. The molecular formula is C22H22N4O4. The van der Waals surface area contributed by atoms with Crippen LogP contribution in [0.15, 0.2) is 53.3 Å². The molecule has 0 bridgehead atoms. The molecule has 0 fully saturated rings. The minimum absolute atomic E-state index is 0.0305. The second-order valence-electron chi connectivity index (χ2n) is 6.73. The molecule has 8 heteroatoms. The monoisotopic (exact) mass is 406 g/mol. The standard InChI is InChI=1S/C22H22N4O4/c1-2-11-25-18-8-3-4-9-19(18)26(22(25)29)12-10-21(28)30-15-20(27)24-17-7-5-6-16(13-17)14-23/h3-9,13H,2,10-12,15H2,1H3,(H,24,27). The van der Waals surface area contributed by atoms with E-state index in [1.807, 2.05) is 37.3 Å². The number of nitriles is 1. The number of carbonyl (C=O) groups excluding carboxylic acids is 2. The van der Waals surface area contributed by atoms with Gasteiger partial charge in [0.25, 0.3) is 5.91 Å². The third-order valence-corrected chi connectivity index (χ3v) is 4.55. The van der Waals surface area contributed by atoms with Crippen LogP contribution >= 0.6 is 0 Å². The lowest BCUT2D eigenvalue weighted by Gasteiger charge is -2.07. The highest BCUT2D eigenvalue weighted by molar-refractivity contribution is 5.92. The number of hydrogen-bond acceptors (Lipinski definition) is 5. The van der Waals surface area contributed by atoms with Gasteiger partial charge in [0.2, 0.25) is 0 Å². The second kappa shape index (κ2) is 9.56. The number of carbonyl (C=O) groups is 2. The zero-order valence-corrected chi connectivity index (χ0v) is 16.6. The van der Waals surface area contributed by atoms with Gasteiger partial charge in [-0.2, -0.15) is 5.26 Å². The van der Waals surface area contributed by atoms with Gasteiger partial charge in [0.05, 0.1) is 29.1 Å². The predicted octanol–water partition coefficient (Wildman–Crippen LogP) is 2.66. The topological polar surface area (TPSA) is 106 Å². The number of hydrogen-bond donors (Lipinski definition) is 1. The largest absolute Gasteiger partial charge is 0.456 e. The van der Waals surface area contributed by atoms with Gasteiger partial charge in [0.1, 0.15) is 0 Å². The van der Waals surface area contributed by atoms with Crippen molar-refractivity contribution in [3.8, 4) is 6.07 Å². The molecule has 1 amide bonds. The molecule has 1 N–H and O–H groups in total. The van der Waals surface area contributed by atoms with E-state index >= 15 is 0 Å². The van der Waals surface area contributed by atoms with Crippen LogP contribution in [-0.2, 0) is 27.4 Å². The van der Waals surface area contributed by atoms with E-state index in [2.05, 4.69) is 5.32 Å². The molecule has 0 radical (unpaired) electrons. The van der Waals surface area contributed by atoms with Crippen LogP contribution < -0.4 is 11.0 Å². The van der Waals surface area contributed by atoms with Gasteiger partial charge in [-0.1, -0.05) is 25.1 Å². The molecule has 0 spiro atoms. The summed E-state index contributed by atoms with van der Waals surface area (Å²) >= 11 is 0. The lowest BCUT2D eigenvalue weighted by molar-refractivity contribution is -0.147. The molecule has 30 heavy (non-hydrogen) atoms. The van der Waals surface area contributed by atoms with Gasteiger partial charge in [-0.15, -0.1) is 0 Å². The molecule has 0 aliphatic heterocycles. The number of imidazole rings is 1. The zero-order valence-electron chi connectivity index (χ0n) is 16.6. The summed E-state index contributed by atoms with van der Waals surface area (Å²) in [5.74, 6) is -1.08. The summed E-state index contributed by atoms with van der Waals surface area (Å²) in [7, 11) is 0. The number of ether oxygens (including phenoxy) is 1. The molecule has 0 atom stereocenters. The number of nitrogens with one attached hydrogen (secondary N) is 1. The van der Waals surface area contributed by atoms with Crippen molar-refractivity contribution in [3.63, 3.8) is 0 Å². The first-order valence-electron chi connectivity index (χ1n) is 9.67. The number of rotatable bonds is 8. The Balaban J connectivity index is 1.57. The molecule has 2 aromatic carbocycles. The molecule has 8 nitrogen and oxygen atoms in total. The fraction of sp³-hybridized carbons (Fsp3) is 0.273. The average molecular weight is 406 g/mol. The van der Waals surface area contributed by atoms with Crippen LogP contribution in [0.1, 0.15) is 25.3 Å². The zero-order chi connectivity index (χ0) is 21.5. The molecule has 0 unspecified atom stereocenters. The van der Waals surface area contributed by atoms with Gasteiger partial charge in [-0.05, 0) is 36.8 Å². The molecule has 0 aliphatic rings. The molecule has 0 aliphatic carbocycles. The maximum atomic E-state index is 12.7. The van der Waals surface area contributed by atoms with Crippen LogP contribution in [0.2, 0.25) is 0 Å². The van der Waals surface area contributed by atoms with Crippen LogP contribution in [0.4, 0.5) is 5.69 Å². The number of para-hydroxylation sites is 2. The van der Waals surface area contributed by atoms with Crippen LogP contribution in [0, 0.1) is 11.3 Å². The Hall–Kier alpha value is -3.86. The highest BCUT2D eigenvalue weighted by Gasteiger charge is 2.14. The van der Waals surface area contributed by atoms with E-state index in [1.165, 1.54) is 6.07 Å². The number of aromatic nitrogens is 2. The van der Waals surface area contributed by atoms with Crippen molar-refractivity contribution in [1.29, 1.82) is 5.26 Å². The summed E-state index contributed by atoms with van der Waals surface area (Å²) in [6, 6.07) is 15.9. The van der Waals surface area contributed by atoms with E-state index in [9.17, 15) is 14.4 Å². The summed E-state index contributed by atoms with van der Waals surface area (Å²) in [6.45, 7) is 2.32. The maximum Gasteiger partial charge on any atom is 0.329 e. The number of amides is 1. The second-order valence-corrected chi connectivity index (χ2v) is 6.73. The maximum absolute atomic E-state index is 12.7. The van der Waals surface area contributed by atoms with E-state index < -0.39 is 18.5 Å². The fourth-order valence-electron chi connectivity index (χ4n) is 3.21. The van der Waals surface area contributed by atoms with Crippen molar-refractivity contribution in [2.75, 3.05) is 11.9 Å². The number of esters is 1. The highest BCUT2D eigenvalue weighted by atomic mass is 16.5. The van der Waals surface area contributed by atoms with Gasteiger partial charge >= 0.3 is 11.7 Å². The molecule has 1 heterocycles. The number of fused-ring (bicyclic) bond motifs is 1. The van der Waals surface area contributed by atoms with Crippen LogP contribution in [0.5, 0.6) is 0 Å². The van der Waals surface area contributed by atoms with Crippen molar-refractivity contribution in [2.45, 2.75) is 32.9 Å². The van der Waals surface area contributed by atoms with Gasteiger partial charge in [-0.25, -0.2) is 4.79 Å². The minimum Gasteiger partial charge on any atom is -0.456 e. The van der Waals surface area contributed by atoms with Gasteiger partial charge in [0, 0.05) is 18.8 Å². The summed E-state index contributed by atoms with van der Waals surface area (Å²) in [4.78, 5) is 36.8. The minimum atomic E-state index is -0.574. The summed E-state index contributed by atoms with van der Waals surface area (Å²) in [6.07, 6.45) is 0.791. The molecule has 0 saturated heterocycles. The normalized spacial score (nSPS) is 10.5. The summed E-state index contributed by atoms with van der Waals surface area (Å²) < 4.78 is 8.28. The Bertz CT molecular complexity index is 1170. The SMILES string of the molecule is CCCn1c(=O)n(CCC(=O)OCC(=O)Nc2cccc(C#N)c2)c2ccccc21. The molecule has 1 aromatic heterocycles. The molecule has 154 valence electrons. The first-order chi connectivity index (χ1) is 14.5. The molecule has 3 rings (SSSR count). The lowest BCUT2D eigenvalue weighted by Crippen LogP contribution is -2.26. The third-order valence-electron chi connectivity index (χ3n) is 4.55. The van der Waals surface area contributed by atoms with E-state index in [0.29, 0.717) is 17.8 Å². The Morgan fingerprint density at radius 3 is 2.43 bits per heavy atom. The highest BCUT2D eigenvalue weighted by Crippen LogP contribution is 2.14. The van der Waals surface area contributed by atoms with Crippen molar-refractivity contribution in [3.05, 3.63) is 64.6 Å². The number of aryl methyl sites for hydroxylation is 2.